The zero-order valence-corrected chi connectivity index (χ0v) is 16.2. The topological polar surface area (TPSA) is 77.9 Å². The lowest BCUT2D eigenvalue weighted by atomic mass is 10.1. The molecule has 7 heteroatoms. The maximum absolute atomic E-state index is 12.9. The molecular formula is C19H25ClN2O4. The Bertz CT molecular complexity index is 720. The molecule has 26 heavy (non-hydrogen) atoms. The van der Waals surface area contributed by atoms with Gasteiger partial charge in [0.15, 0.2) is 0 Å². The number of nitrogens with zero attached hydrogens (tertiary/aromatic N) is 2. The van der Waals surface area contributed by atoms with Crippen molar-refractivity contribution >= 4 is 29.4 Å². The summed E-state index contributed by atoms with van der Waals surface area (Å²) in [5, 5.41) is 9.47. The summed E-state index contributed by atoms with van der Waals surface area (Å²) >= 11 is 6.27. The summed E-state index contributed by atoms with van der Waals surface area (Å²) < 4.78 is 0. The second-order valence-corrected chi connectivity index (χ2v) is 7.24. The number of hydrogen-bond donors (Lipinski definition) is 1. The monoisotopic (exact) mass is 380 g/mol. The van der Waals surface area contributed by atoms with Gasteiger partial charge in [0.05, 0.1) is 10.6 Å². The molecule has 1 aromatic rings. The average Bonchev–Trinajstić information content (AvgIpc) is 2.81. The van der Waals surface area contributed by atoms with Crippen molar-refractivity contribution in [3.8, 4) is 0 Å². The van der Waals surface area contributed by atoms with Crippen LogP contribution in [-0.4, -0.2) is 58.4 Å². The molecule has 0 aromatic heterocycles. The number of rotatable bonds is 4. The van der Waals surface area contributed by atoms with Gasteiger partial charge in [0.25, 0.3) is 5.91 Å². The van der Waals surface area contributed by atoms with Crippen LogP contribution in [0.2, 0.25) is 5.02 Å². The molecule has 2 rings (SSSR count). The molecule has 142 valence electrons. The number of carbonyl (C=O) groups is 3. The zero-order chi connectivity index (χ0) is 19.4. The summed E-state index contributed by atoms with van der Waals surface area (Å²) in [6.07, 6.45) is 1.95. The predicted octanol–water partition coefficient (Wildman–Crippen LogP) is 2.88. The molecule has 0 spiro atoms. The van der Waals surface area contributed by atoms with Gasteiger partial charge in [0.2, 0.25) is 5.91 Å². The number of hydrogen-bond acceptors (Lipinski definition) is 3. The van der Waals surface area contributed by atoms with Crippen LogP contribution in [0.1, 0.15) is 47.7 Å². The largest absolute Gasteiger partial charge is 0.480 e. The smallest absolute Gasteiger partial charge is 0.323 e. The van der Waals surface area contributed by atoms with Crippen molar-refractivity contribution in [1.82, 2.24) is 9.80 Å². The molecule has 0 saturated carbocycles. The van der Waals surface area contributed by atoms with Crippen LogP contribution in [0, 0.1) is 13.8 Å². The second kappa shape index (κ2) is 8.54. The number of benzene rings is 1. The number of aliphatic carboxylic acids is 1. The van der Waals surface area contributed by atoms with E-state index >= 15 is 0 Å². The molecule has 1 heterocycles. The first-order chi connectivity index (χ1) is 12.2. The molecule has 1 atom stereocenters. The van der Waals surface area contributed by atoms with Crippen molar-refractivity contribution in [3.63, 3.8) is 0 Å². The fourth-order valence-electron chi connectivity index (χ4n) is 3.35. The highest BCUT2D eigenvalue weighted by Crippen LogP contribution is 2.24. The first-order valence-corrected chi connectivity index (χ1v) is 9.13. The van der Waals surface area contributed by atoms with Crippen molar-refractivity contribution in [3.05, 3.63) is 33.8 Å². The minimum atomic E-state index is -1.03. The van der Waals surface area contributed by atoms with Crippen LogP contribution in [0.5, 0.6) is 0 Å². The van der Waals surface area contributed by atoms with E-state index in [0.717, 1.165) is 11.1 Å². The molecule has 1 fully saturated rings. The molecule has 6 nitrogen and oxygen atoms in total. The number of likely N-dealkylation sites (tertiary alicyclic amines) is 1. The fraction of sp³-hybridized carbons (Fsp3) is 0.526. The van der Waals surface area contributed by atoms with E-state index in [1.807, 2.05) is 19.9 Å². The van der Waals surface area contributed by atoms with Gasteiger partial charge < -0.3 is 14.9 Å². The number of aryl methyl sites for hydroxylation is 2. The zero-order valence-electron chi connectivity index (χ0n) is 15.4. The van der Waals surface area contributed by atoms with Gasteiger partial charge >= 0.3 is 5.97 Å². The predicted molar refractivity (Wildman–Crippen MR) is 99.5 cm³/mol. The van der Waals surface area contributed by atoms with Gasteiger partial charge in [-0.2, -0.15) is 0 Å². The van der Waals surface area contributed by atoms with Crippen LogP contribution < -0.4 is 0 Å². The summed E-state index contributed by atoms with van der Waals surface area (Å²) in [5.41, 5.74) is 2.53. The van der Waals surface area contributed by atoms with E-state index in [1.165, 1.54) is 11.8 Å². The molecule has 1 aliphatic rings. The maximum Gasteiger partial charge on any atom is 0.323 e. The minimum absolute atomic E-state index is 0.119. The lowest BCUT2D eigenvalue weighted by Gasteiger charge is -2.29. The van der Waals surface area contributed by atoms with Crippen molar-refractivity contribution in [2.24, 2.45) is 0 Å². The van der Waals surface area contributed by atoms with E-state index in [9.17, 15) is 14.4 Å². The second-order valence-electron chi connectivity index (χ2n) is 6.83. The molecule has 1 N–H and O–H groups in total. The number of carboxylic acids is 1. The Balaban J connectivity index is 2.12. The standard InChI is InChI=1S/C19H25ClN2O4/c1-12-9-16(17(20)10-13(12)2)19(26)21-7-4-5-15(6-8-21)22(14(3)23)11-18(24)25/h9-10,15H,4-8,11H2,1-3H3,(H,24,25). The molecule has 1 aromatic carbocycles. The summed E-state index contributed by atoms with van der Waals surface area (Å²) in [6.45, 7) is 6.00. The van der Waals surface area contributed by atoms with E-state index in [1.54, 1.807) is 11.0 Å². The highest BCUT2D eigenvalue weighted by atomic mass is 35.5. The van der Waals surface area contributed by atoms with Crippen molar-refractivity contribution in [1.29, 1.82) is 0 Å². The van der Waals surface area contributed by atoms with Gasteiger partial charge in [-0.1, -0.05) is 11.6 Å². The summed E-state index contributed by atoms with van der Waals surface area (Å²) in [5.74, 6) is -1.40. The van der Waals surface area contributed by atoms with Crippen molar-refractivity contribution < 1.29 is 19.5 Å². The van der Waals surface area contributed by atoms with E-state index in [0.29, 0.717) is 42.9 Å². The number of amides is 2. The van der Waals surface area contributed by atoms with E-state index < -0.39 is 5.97 Å². The summed E-state index contributed by atoms with van der Waals surface area (Å²) in [7, 11) is 0. The molecular weight excluding hydrogens is 356 g/mol. The third-order valence-corrected chi connectivity index (χ3v) is 5.26. The number of carboxylic acid groups (broad SMARTS) is 1. The Morgan fingerprint density at radius 2 is 1.85 bits per heavy atom. The fourth-order valence-corrected chi connectivity index (χ4v) is 3.65. The van der Waals surface area contributed by atoms with E-state index in [4.69, 9.17) is 16.7 Å². The molecule has 2 amide bonds. The Labute approximate surface area is 158 Å². The number of halogens is 1. The number of carbonyl (C=O) groups excluding carboxylic acids is 2. The molecule has 1 saturated heterocycles. The van der Waals surface area contributed by atoms with Crippen LogP contribution in [0.25, 0.3) is 0 Å². The van der Waals surface area contributed by atoms with Crippen molar-refractivity contribution in [2.45, 2.75) is 46.1 Å². The molecule has 0 radical (unpaired) electrons. The lowest BCUT2D eigenvalue weighted by molar-refractivity contribution is -0.145. The third-order valence-electron chi connectivity index (χ3n) is 4.95. The van der Waals surface area contributed by atoms with Crippen LogP contribution in [0.3, 0.4) is 0 Å². The first kappa shape index (κ1) is 20.2. The van der Waals surface area contributed by atoms with Gasteiger partial charge in [-0.15, -0.1) is 0 Å². The van der Waals surface area contributed by atoms with Crippen LogP contribution in [0.4, 0.5) is 0 Å². The Hall–Kier alpha value is -2.08. The highest BCUT2D eigenvalue weighted by molar-refractivity contribution is 6.34. The van der Waals surface area contributed by atoms with Gasteiger partial charge in [-0.05, 0) is 56.4 Å². The third kappa shape index (κ3) is 4.75. The Morgan fingerprint density at radius 3 is 2.46 bits per heavy atom. The van der Waals surface area contributed by atoms with Gasteiger partial charge in [0, 0.05) is 26.1 Å². The average molecular weight is 381 g/mol. The summed E-state index contributed by atoms with van der Waals surface area (Å²) in [4.78, 5) is 38.9. The van der Waals surface area contributed by atoms with Crippen molar-refractivity contribution in [2.75, 3.05) is 19.6 Å². The van der Waals surface area contributed by atoms with E-state index in [2.05, 4.69) is 0 Å². The molecule has 1 aliphatic heterocycles. The van der Waals surface area contributed by atoms with Crippen LogP contribution in [-0.2, 0) is 9.59 Å². The van der Waals surface area contributed by atoms with Gasteiger partial charge in [-0.3, -0.25) is 14.4 Å². The molecule has 1 unspecified atom stereocenters. The molecule has 0 aliphatic carbocycles. The molecule has 0 bridgehead atoms. The summed E-state index contributed by atoms with van der Waals surface area (Å²) in [6, 6.07) is 3.45. The normalized spacial score (nSPS) is 17.5. The van der Waals surface area contributed by atoms with Crippen LogP contribution in [0.15, 0.2) is 12.1 Å². The Kier molecular flexibility index (Phi) is 6.64. The minimum Gasteiger partial charge on any atom is -0.480 e. The van der Waals surface area contributed by atoms with Crippen LogP contribution >= 0.6 is 11.6 Å². The highest BCUT2D eigenvalue weighted by Gasteiger charge is 2.28. The lowest BCUT2D eigenvalue weighted by Crippen LogP contribution is -2.43. The quantitative estimate of drug-likeness (QED) is 0.871. The van der Waals surface area contributed by atoms with E-state index in [-0.39, 0.29) is 24.4 Å². The van der Waals surface area contributed by atoms with Gasteiger partial charge in [0.1, 0.15) is 6.54 Å². The maximum atomic E-state index is 12.9. The Morgan fingerprint density at radius 1 is 1.19 bits per heavy atom. The first-order valence-electron chi connectivity index (χ1n) is 8.75. The SMILES string of the molecule is CC(=O)N(CC(=O)O)C1CCCN(C(=O)c2cc(C)c(C)cc2Cl)CC1. The van der Waals surface area contributed by atoms with Gasteiger partial charge in [-0.25, -0.2) is 0 Å².